The van der Waals surface area contributed by atoms with Crippen LogP contribution in [0, 0.1) is 0 Å². The third kappa shape index (κ3) is 14.3. The van der Waals surface area contributed by atoms with Crippen LogP contribution < -0.4 is 0 Å². The van der Waals surface area contributed by atoms with Crippen LogP contribution in [0.2, 0.25) is 0 Å². The molecule has 1 atom stereocenters. The number of carboxylic acid groups (broad SMARTS) is 1. The van der Waals surface area contributed by atoms with Crippen LogP contribution in [0.5, 0.6) is 0 Å². The number of ether oxygens (including phenoxy) is 1. The Kier molecular flexibility index (Phi) is 11.8. The summed E-state index contributed by atoms with van der Waals surface area (Å²) in [5.74, 6) is -1.38. The number of carboxylic acids is 1. The van der Waals surface area contributed by atoms with Gasteiger partial charge in [0.1, 0.15) is 6.61 Å². The van der Waals surface area contributed by atoms with Crippen LogP contribution in [0.15, 0.2) is 23.8 Å². The Hall–Kier alpha value is -1.66. The summed E-state index contributed by atoms with van der Waals surface area (Å²) in [6, 6.07) is 0. The van der Waals surface area contributed by atoms with Gasteiger partial charge in [-0.3, -0.25) is 0 Å². The number of esters is 1. The van der Waals surface area contributed by atoms with Gasteiger partial charge in [-0.1, -0.05) is 12.7 Å². The van der Waals surface area contributed by atoms with E-state index in [-0.39, 0.29) is 18.8 Å². The Labute approximate surface area is 113 Å². The minimum absolute atomic E-state index is 0.00458. The van der Waals surface area contributed by atoms with Crippen LogP contribution in [-0.4, -0.2) is 46.6 Å². The average Bonchev–Trinajstić information content (AvgIpc) is 2.33. The maximum Gasteiger partial charge on any atom is 0.333 e. The molecule has 0 saturated carbocycles. The van der Waals surface area contributed by atoms with Crippen LogP contribution in [-0.2, 0) is 14.3 Å². The van der Waals surface area contributed by atoms with Gasteiger partial charge in [-0.15, -0.1) is 0 Å². The van der Waals surface area contributed by atoms with E-state index in [1.807, 2.05) is 0 Å². The molecule has 0 aliphatic carbocycles. The first-order valence-corrected chi connectivity index (χ1v) is 5.74. The van der Waals surface area contributed by atoms with Gasteiger partial charge < -0.3 is 20.1 Å². The van der Waals surface area contributed by atoms with Crippen molar-refractivity contribution >= 4 is 11.9 Å². The van der Waals surface area contributed by atoms with Gasteiger partial charge in [-0.2, -0.15) is 0 Å². The van der Waals surface area contributed by atoms with Crippen molar-refractivity contribution in [1.82, 2.24) is 0 Å². The van der Waals surface area contributed by atoms with E-state index < -0.39 is 18.0 Å². The maximum absolute atomic E-state index is 10.6. The standard InChI is InChI=1S/C7H12O3.C6H10O3/c1-5(2)7(9)10-4-6(3)8;1-5(6(8)9)3-2-4-7/h6,8H,1,4H2,2-3H3;3,7H,2,4H2,1H3,(H,8,9). The Morgan fingerprint density at radius 1 is 1.37 bits per heavy atom. The first kappa shape index (κ1) is 19.7. The summed E-state index contributed by atoms with van der Waals surface area (Å²) in [7, 11) is 0. The Bertz CT molecular complexity index is 330. The summed E-state index contributed by atoms with van der Waals surface area (Å²) in [5.41, 5.74) is 0.629. The third-order valence-corrected chi connectivity index (χ3v) is 1.72. The van der Waals surface area contributed by atoms with Crippen LogP contribution >= 0.6 is 0 Å². The topological polar surface area (TPSA) is 104 Å². The van der Waals surface area contributed by atoms with Crippen LogP contribution in [0.4, 0.5) is 0 Å². The van der Waals surface area contributed by atoms with E-state index in [2.05, 4.69) is 11.3 Å². The van der Waals surface area contributed by atoms with Gasteiger partial charge in [0.2, 0.25) is 0 Å². The molecule has 0 aromatic heterocycles. The first-order chi connectivity index (χ1) is 8.72. The van der Waals surface area contributed by atoms with Crippen molar-refractivity contribution in [2.45, 2.75) is 33.3 Å². The molecule has 110 valence electrons. The molecular weight excluding hydrogens is 252 g/mol. The third-order valence-electron chi connectivity index (χ3n) is 1.72. The second kappa shape index (κ2) is 11.4. The zero-order chi connectivity index (χ0) is 15.4. The van der Waals surface area contributed by atoms with Crippen molar-refractivity contribution in [3.05, 3.63) is 23.8 Å². The fourth-order valence-electron chi connectivity index (χ4n) is 0.688. The molecule has 0 spiro atoms. The average molecular weight is 274 g/mol. The van der Waals surface area contributed by atoms with E-state index in [1.165, 1.54) is 13.0 Å². The zero-order valence-electron chi connectivity index (χ0n) is 11.5. The van der Waals surface area contributed by atoms with E-state index in [4.69, 9.17) is 15.3 Å². The fourth-order valence-corrected chi connectivity index (χ4v) is 0.688. The van der Waals surface area contributed by atoms with E-state index >= 15 is 0 Å². The number of carbonyl (C=O) groups excluding carboxylic acids is 1. The van der Waals surface area contributed by atoms with Crippen molar-refractivity contribution in [2.75, 3.05) is 13.2 Å². The first-order valence-electron chi connectivity index (χ1n) is 5.74. The number of aliphatic carboxylic acids is 1. The quantitative estimate of drug-likeness (QED) is 0.491. The molecule has 0 aromatic rings. The van der Waals surface area contributed by atoms with Gasteiger partial charge in [-0.05, 0) is 27.2 Å². The molecule has 0 aromatic carbocycles. The summed E-state index contributed by atoms with van der Waals surface area (Å²) in [6.07, 6.45) is 1.30. The summed E-state index contributed by atoms with van der Waals surface area (Å²) < 4.78 is 4.58. The Morgan fingerprint density at radius 2 is 1.89 bits per heavy atom. The number of aliphatic hydroxyl groups is 2. The van der Waals surface area contributed by atoms with Crippen molar-refractivity contribution in [1.29, 1.82) is 0 Å². The molecule has 1 unspecified atom stereocenters. The smallest absolute Gasteiger partial charge is 0.333 e. The molecule has 6 heteroatoms. The zero-order valence-corrected chi connectivity index (χ0v) is 11.5. The highest BCUT2D eigenvalue weighted by molar-refractivity contribution is 5.87. The summed E-state index contributed by atoms with van der Waals surface area (Å²) in [5, 5.41) is 25.2. The molecule has 0 rings (SSSR count). The molecule has 19 heavy (non-hydrogen) atoms. The second-order valence-corrected chi connectivity index (χ2v) is 3.93. The van der Waals surface area contributed by atoms with Gasteiger partial charge in [0.05, 0.1) is 6.10 Å². The Balaban J connectivity index is 0. The molecule has 0 saturated heterocycles. The van der Waals surface area contributed by atoms with Crippen molar-refractivity contribution in [3.63, 3.8) is 0 Å². The van der Waals surface area contributed by atoms with Crippen LogP contribution in [0.25, 0.3) is 0 Å². The van der Waals surface area contributed by atoms with Crippen LogP contribution in [0.3, 0.4) is 0 Å². The Morgan fingerprint density at radius 3 is 2.21 bits per heavy atom. The van der Waals surface area contributed by atoms with E-state index in [1.54, 1.807) is 13.8 Å². The summed E-state index contributed by atoms with van der Waals surface area (Å²) in [4.78, 5) is 20.7. The van der Waals surface area contributed by atoms with Gasteiger partial charge in [0.25, 0.3) is 0 Å². The molecule has 0 fully saturated rings. The minimum atomic E-state index is -0.927. The van der Waals surface area contributed by atoms with Crippen molar-refractivity contribution in [3.8, 4) is 0 Å². The molecule has 0 heterocycles. The predicted molar refractivity (Wildman–Crippen MR) is 70.5 cm³/mol. The lowest BCUT2D eigenvalue weighted by Gasteiger charge is -2.04. The molecule has 3 N–H and O–H groups in total. The number of hydrogen-bond donors (Lipinski definition) is 3. The monoisotopic (exact) mass is 274 g/mol. The lowest BCUT2D eigenvalue weighted by molar-refractivity contribution is -0.141. The number of rotatable bonds is 6. The van der Waals surface area contributed by atoms with E-state index in [0.29, 0.717) is 12.0 Å². The molecule has 0 aliphatic heterocycles. The maximum atomic E-state index is 10.6. The normalized spacial score (nSPS) is 11.9. The van der Waals surface area contributed by atoms with E-state index in [0.717, 1.165) is 0 Å². The molecule has 0 bridgehead atoms. The molecule has 6 nitrogen and oxygen atoms in total. The van der Waals surface area contributed by atoms with Gasteiger partial charge in [-0.25, -0.2) is 9.59 Å². The van der Waals surface area contributed by atoms with E-state index in [9.17, 15) is 9.59 Å². The van der Waals surface area contributed by atoms with Crippen molar-refractivity contribution in [2.24, 2.45) is 0 Å². The van der Waals surface area contributed by atoms with Gasteiger partial charge in [0.15, 0.2) is 0 Å². The molecule has 0 radical (unpaired) electrons. The molecule has 0 aliphatic rings. The molecular formula is C13H22O6. The fraction of sp³-hybridized carbons (Fsp3) is 0.538. The van der Waals surface area contributed by atoms with Gasteiger partial charge in [0, 0.05) is 17.8 Å². The number of aliphatic hydroxyl groups excluding tert-OH is 2. The summed E-state index contributed by atoms with van der Waals surface area (Å²) >= 11 is 0. The summed E-state index contributed by atoms with van der Waals surface area (Å²) in [6.45, 7) is 8.02. The lowest BCUT2D eigenvalue weighted by Crippen LogP contribution is -2.15. The largest absolute Gasteiger partial charge is 0.478 e. The number of hydrogen-bond acceptors (Lipinski definition) is 5. The van der Waals surface area contributed by atoms with Gasteiger partial charge >= 0.3 is 11.9 Å². The predicted octanol–water partition coefficient (Wildman–Crippen LogP) is 0.886. The highest BCUT2D eigenvalue weighted by atomic mass is 16.5. The molecule has 0 amide bonds. The second-order valence-electron chi connectivity index (χ2n) is 3.93. The highest BCUT2D eigenvalue weighted by Gasteiger charge is 2.03. The number of carbonyl (C=O) groups is 2. The highest BCUT2D eigenvalue weighted by Crippen LogP contribution is 1.93. The SMILES string of the molecule is C=C(C)C(=O)OCC(C)O.CC(=CCCO)C(=O)O. The lowest BCUT2D eigenvalue weighted by atomic mass is 10.2. The van der Waals surface area contributed by atoms with Crippen molar-refractivity contribution < 1.29 is 29.6 Å². The minimum Gasteiger partial charge on any atom is -0.478 e. The van der Waals surface area contributed by atoms with Crippen LogP contribution in [0.1, 0.15) is 27.2 Å².